The average molecular weight is 352 g/mol. The zero-order valence-electron chi connectivity index (χ0n) is 13.9. The molecule has 1 amide bonds. The van der Waals surface area contributed by atoms with Crippen LogP contribution in [0.5, 0.6) is 0 Å². The highest BCUT2D eigenvalue weighted by molar-refractivity contribution is 7.91. The van der Waals surface area contributed by atoms with E-state index >= 15 is 0 Å². The molecular weight excluding hydrogens is 332 g/mol. The summed E-state index contributed by atoms with van der Waals surface area (Å²) in [6.07, 6.45) is 0.637. The van der Waals surface area contributed by atoms with Crippen molar-refractivity contribution >= 4 is 21.4 Å². The van der Waals surface area contributed by atoms with Crippen LogP contribution in [0.15, 0.2) is 10.6 Å². The molecule has 9 heteroatoms. The topological polar surface area (TPSA) is 107 Å². The average Bonchev–Trinajstić information content (AvgIpc) is 3.13. The van der Waals surface area contributed by atoms with Crippen LogP contribution in [0.3, 0.4) is 0 Å². The van der Waals surface area contributed by atoms with Crippen LogP contribution in [-0.2, 0) is 21.1 Å². The van der Waals surface area contributed by atoms with E-state index in [4.69, 9.17) is 4.52 Å². The van der Waals surface area contributed by atoms with E-state index in [0.29, 0.717) is 23.6 Å². The van der Waals surface area contributed by atoms with Gasteiger partial charge in [0.25, 0.3) is 0 Å². The van der Waals surface area contributed by atoms with Gasteiger partial charge in [-0.15, -0.1) is 0 Å². The normalized spacial score (nSPS) is 19.5. The third-order valence-corrected chi connectivity index (χ3v) is 5.91. The largest absolute Gasteiger partial charge is 0.361 e. The van der Waals surface area contributed by atoms with Gasteiger partial charge in [-0.05, 0) is 27.2 Å². The highest BCUT2D eigenvalue weighted by atomic mass is 32.2. The van der Waals surface area contributed by atoms with Crippen LogP contribution < -0.4 is 5.32 Å². The van der Waals surface area contributed by atoms with Crippen LogP contribution in [0.4, 0.5) is 5.69 Å². The molecule has 0 aromatic carbocycles. The van der Waals surface area contributed by atoms with Gasteiger partial charge >= 0.3 is 0 Å². The van der Waals surface area contributed by atoms with E-state index in [-0.39, 0.29) is 29.9 Å². The van der Waals surface area contributed by atoms with E-state index < -0.39 is 9.84 Å². The van der Waals surface area contributed by atoms with Gasteiger partial charge in [0, 0.05) is 6.07 Å². The first kappa shape index (κ1) is 16.7. The van der Waals surface area contributed by atoms with Crippen molar-refractivity contribution in [3.05, 3.63) is 28.9 Å². The van der Waals surface area contributed by atoms with Crippen molar-refractivity contribution in [2.45, 2.75) is 39.7 Å². The monoisotopic (exact) mass is 352 g/mol. The van der Waals surface area contributed by atoms with E-state index in [0.717, 1.165) is 11.4 Å². The number of hydrogen-bond acceptors (Lipinski definition) is 6. The summed E-state index contributed by atoms with van der Waals surface area (Å²) in [5.41, 5.74) is 2.77. The van der Waals surface area contributed by atoms with Gasteiger partial charge in [0.1, 0.15) is 5.76 Å². The maximum absolute atomic E-state index is 12.2. The second kappa shape index (κ2) is 6.04. The molecule has 1 N–H and O–H groups in total. The lowest BCUT2D eigenvalue weighted by Gasteiger charge is -2.11. The van der Waals surface area contributed by atoms with Gasteiger partial charge in [0.05, 0.1) is 46.7 Å². The van der Waals surface area contributed by atoms with Crippen molar-refractivity contribution in [3.63, 3.8) is 0 Å². The molecule has 0 saturated carbocycles. The van der Waals surface area contributed by atoms with Gasteiger partial charge < -0.3 is 9.84 Å². The summed E-state index contributed by atoms with van der Waals surface area (Å²) in [5, 5.41) is 11.0. The summed E-state index contributed by atoms with van der Waals surface area (Å²) in [5.74, 6) is 0.549. The molecule has 2 aromatic heterocycles. The molecule has 1 aliphatic rings. The van der Waals surface area contributed by atoms with E-state index in [1.54, 1.807) is 24.6 Å². The van der Waals surface area contributed by atoms with E-state index in [9.17, 15) is 13.2 Å². The third kappa shape index (κ3) is 3.35. The van der Waals surface area contributed by atoms with Crippen molar-refractivity contribution in [2.24, 2.45) is 0 Å². The van der Waals surface area contributed by atoms with Gasteiger partial charge in [0.2, 0.25) is 5.91 Å². The standard InChI is InChI=1S/C15H20N4O4S/c1-9-6-13(23-18-9)7-14(20)16-15-10(2)17-19(11(15)3)12-4-5-24(21,22)8-12/h6,12H,4-5,7-8H2,1-3H3,(H,16,20). The first-order chi connectivity index (χ1) is 11.2. The highest BCUT2D eigenvalue weighted by Crippen LogP contribution is 2.29. The zero-order valence-corrected chi connectivity index (χ0v) is 14.7. The molecule has 130 valence electrons. The number of hydrogen-bond donors (Lipinski definition) is 1. The Hall–Kier alpha value is -2.16. The Morgan fingerprint density at radius 3 is 2.75 bits per heavy atom. The predicted molar refractivity (Wildman–Crippen MR) is 87.6 cm³/mol. The molecule has 8 nitrogen and oxygen atoms in total. The number of carbonyl (C=O) groups is 1. The molecule has 1 aliphatic heterocycles. The Balaban J connectivity index is 1.75. The number of anilines is 1. The summed E-state index contributed by atoms with van der Waals surface area (Å²) in [7, 11) is -2.99. The maximum atomic E-state index is 12.2. The molecule has 0 bridgehead atoms. The quantitative estimate of drug-likeness (QED) is 0.890. The molecule has 2 aromatic rings. The first-order valence-electron chi connectivity index (χ1n) is 7.73. The molecule has 3 heterocycles. The molecule has 0 aliphatic carbocycles. The van der Waals surface area contributed by atoms with Crippen molar-refractivity contribution in [3.8, 4) is 0 Å². The summed E-state index contributed by atoms with van der Waals surface area (Å²) >= 11 is 0. The maximum Gasteiger partial charge on any atom is 0.232 e. The zero-order chi connectivity index (χ0) is 17.5. The second-order valence-electron chi connectivity index (χ2n) is 6.21. The number of aryl methyl sites for hydroxylation is 2. The van der Waals surface area contributed by atoms with Crippen LogP contribution in [0.1, 0.15) is 35.3 Å². The fourth-order valence-electron chi connectivity index (χ4n) is 3.01. The lowest BCUT2D eigenvalue weighted by Crippen LogP contribution is -2.16. The minimum atomic E-state index is -2.99. The first-order valence-corrected chi connectivity index (χ1v) is 9.55. The number of amides is 1. The Morgan fingerprint density at radius 1 is 1.42 bits per heavy atom. The number of nitrogens with zero attached hydrogens (tertiary/aromatic N) is 3. The predicted octanol–water partition coefficient (Wildman–Crippen LogP) is 1.34. The number of carbonyl (C=O) groups excluding carboxylic acids is 1. The summed E-state index contributed by atoms with van der Waals surface area (Å²) in [6, 6.07) is 1.54. The molecular formula is C15H20N4O4S. The molecule has 0 radical (unpaired) electrons. The molecule has 24 heavy (non-hydrogen) atoms. The van der Waals surface area contributed by atoms with Crippen LogP contribution in [0, 0.1) is 20.8 Å². The minimum Gasteiger partial charge on any atom is -0.361 e. The Morgan fingerprint density at radius 2 is 2.17 bits per heavy atom. The lowest BCUT2D eigenvalue weighted by molar-refractivity contribution is -0.115. The summed E-state index contributed by atoms with van der Waals surface area (Å²) < 4.78 is 30.1. The van der Waals surface area contributed by atoms with Crippen LogP contribution in [0.2, 0.25) is 0 Å². The molecule has 1 fully saturated rings. The number of aromatic nitrogens is 3. The number of sulfone groups is 1. The second-order valence-corrected chi connectivity index (χ2v) is 8.44. The van der Waals surface area contributed by atoms with Crippen LogP contribution >= 0.6 is 0 Å². The van der Waals surface area contributed by atoms with Crippen LogP contribution in [-0.4, -0.2) is 40.8 Å². The lowest BCUT2D eigenvalue weighted by atomic mass is 10.2. The fraction of sp³-hybridized carbons (Fsp3) is 0.533. The molecule has 1 saturated heterocycles. The summed E-state index contributed by atoms with van der Waals surface area (Å²) in [6.45, 7) is 5.42. The Kier molecular flexibility index (Phi) is 4.20. The van der Waals surface area contributed by atoms with Gasteiger partial charge in [-0.1, -0.05) is 5.16 Å². The van der Waals surface area contributed by atoms with E-state index in [1.807, 2.05) is 6.92 Å². The fourth-order valence-corrected chi connectivity index (χ4v) is 4.70. The summed E-state index contributed by atoms with van der Waals surface area (Å²) in [4.78, 5) is 12.2. The van der Waals surface area contributed by atoms with Gasteiger partial charge in [-0.25, -0.2) is 8.42 Å². The molecule has 3 rings (SSSR count). The molecule has 1 unspecified atom stereocenters. The van der Waals surface area contributed by atoms with Crippen molar-refractivity contribution < 1.29 is 17.7 Å². The van der Waals surface area contributed by atoms with E-state index in [2.05, 4.69) is 15.6 Å². The number of nitrogens with one attached hydrogen (secondary N) is 1. The van der Waals surface area contributed by atoms with Crippen molar-refractivity contribution in [1.29, 1.82) is 0 Å². The SMILES string of the molecule is Cc1cc(CC(=O)Nc2c(C)nn(C3CCS(=O)(=O)C3)c2C)on1. The Labute approximate surface area is 140 Å². The smallest absolute Gasteiger partial charge is 0.232 e. The van der Waals surface area contributed by atoms with Crippen molar-refractivity contribution in [2.75, 3.05) is 16.8 Å². The molecule has 0 spiro atoms. The molecule has 1 atom stereocenters. The Bertz CT molecular complexity index is 881. The van der Waals surface area contributed by atoms with Gasteiger partial charge in [-0.3, -0.25) is 9.48 Å². The van der Waals surface area contributed by atoms with Gasteiger partial charge in [0.15, 0.2) is 9.84 Å². The highest BCUT2D eigenvalue weighted by Gasteiger charge is 2.31. The van der Waals surface area contributed by atoms with Crippen molar-refractivity contribution in [1.82, 2.24) is 14.9 Å². The van der Waals surface area contributed by atoms with Crippen LogP contribution in [0.25, 0.3) is 0 Å². The van der Waals surface area contributed by atoms with Gasteiger partial charge in [-0.2, -0.15) is 5.10 Å². The third-order valence-electron chi connectivity index (χ3n) is 4.16. The minimum absolute atomic E-state index is 0.0860. The van der Waals surface area contributed by atoms with E-state index in [1.165, 1.54) is 0 Å². The number of rotatable bonds is 4.